The highest BCUT2D eigenvalue weighted by atomic mass is 16.7. The molecule has 6 atom stereocenters. The Labute approximate surface area is 493 Å². The smallest absolute Gasteiger partial charge is 0.335 e. The fourth-order valence-corrected chi connectivity index (χ4v) is 9.74. The molecule has 1 heterocycles. The highest BCUT2D eigenvalue weighted by molar-refractivity contribution is 5.74. The summed E-state index contributed by atoms with van der Waals surface area (Å²) in [5.74, 6) is -3.15. The lowest BCUT2D eigenvalue weighted by atomic mass is 9.98. The third kappa shape index (κ3) is 46.3. The minimum absolute atomic E-state index is 0.0587. The van der Waals surface area contributed by atoms with Crippen molar-refractivity contribution in [3.05, 3.63) is 72.9 Å². The number of unbranched alkanes of at least 4 members (excludes halogenated alkanes) is 30. The van der Waals surface area contributed by atoms with Crippen LogP contribution in [-0.4, -0.2) is 89.2 Å². The molecule has 1 aliphatic heterocycles. The van der Waals surface area contributed by atoms with Crippen LogP contribution < -0.4 is 0 Å². The third-order valence-electron chi connectivity index (χ3n) is 14.8. The second-order valence-electron chi connectivity index (χ2n) is 22.4. The zero-order valence-electron chi connectivity index (χ0n) is 51.5. The maximum Gasteiger partial charge on any atom is 0.335 e. The van der Waals surface area contributed by atoms with Crippen LogP contribution in [0.5, 0.6) is 0 Å². The van der Waals surface area contributed by atoms with Gasteiger partial charge in [0.15, 0.2) is 24.6 Å². The molecule has 6 unspecified atom stereocenters. The number of aliphatic hydroxyl groups is 2. The van der Waals surface area contributed by atoms with Crippen LogP contribution in [0, 0.1) is 0 Å². The predicted octanol–water partition coefficient (Wildman–Crippen LogP) is 17.7. The first kappa shape index (κ1) is 75.2. The molecule has 3 N–H and O–H groups in total. The minimum Gasteiger partial charge on any atom is -0.479 e. The molecule has 1 fully saturated rings. The molecule has 1 aliphatic rings. The van der Waals surface area contributed by atoms with Gasteiger partial charge in [0.2, 0.25) is 0 Å². The van der Waals surface area contributed by atoms with Gasteiger partial charge in [-0.05, 0) is 89.9 Å². The van der Waals surface area contributed by atoms with E-state index >= 15 is 0 Å². The Hall–Kier alpha value is -3.84. The Morgan fingerprint density at radius 2 is 0.778 bits per heavy atom. The SMILES string of the molecule is CC/C=C\C/C=C\C/C=C\C/C=C\C/C=C\CCCCCC(=O)OCC(COC1OC(C(=O)O)C(O)C(O)C1OC(=O)CCCCCCCCCCCCCCC)OC(=O)CCCCCCCCCCC/C=C\CCCCCCCC. The largest absolute Gasteiger partial charge is 0.479 e. The van der Waals surface area contributed by atoms with Crippen LogP contribution >= 0.6 is 0 Å². The van der Waals surface area contributed by atoms with Gasteiger partial charge in [0.1, 0.15) is 18.8 Å². The lowest BCUT2D eigenvalue weighted by molar-refractivity contribution is -0.301. The van der Waals surface area contributed by atoms with Gasteiger partial charge in [0.25, 0.3) is 0 Å². The summed E-state index contributed by atoms with van der Waals surface area (Å²) in [5.41, 5.74) is 0. The number of aliphatic hydroxyl groups excluding tert-OH is 2. The van der Waals surface area contributed by atoms with E-state index in [1.165, 1.54) is 128 Å². The first-order valence-electron chi connectivity index (χ1n) is 32.9. The lowest BCUT2D eigenvalue weighted by Crippen LogP contribution is -2.61. The fourth-order valence-electron chi connectivity index (χ4n) is 9.74. The van der Waals surface area contributed by atoms with E-state index in [1.54, 1.807) is 0 Å². The molecule has 0 spiro atoms. The maximum atomic E-state index is 13.2. The summed E-state index contributed by atoms with van der Waals surface area (Å²) >= 11 is 0. The van der Waals surface area contributed by atoms with Crippen LogP contribution in [0.2, 0.25) is 0 Å². The van der Waals surface area contributed by atoms with Gasteiger partial charge in [-0.25, -0.2) is 4.79 Å². The first-order valence-corrected chi connectivity index (χ1v) is 32.9. The van der Waals surface area contributed by atoms with Gasteiger partial charge in [-0.2, -0.15) is 0 Å². The molecule has 1 saturated heterocycles. The Balaban J connectivity index is 2.67. The van der Waals surface area contributed by atoms with Crippen molar-refractivity contribution in [1.29, 1.82) is 0 Å². The third-order valence-corrected chi connectivity index (χ3v) is 14.8. The number of carboxylic acid groups (broad SMARTS) is 1. The number of carboxylic acids is 1. The van der Waals surface area contributed by atoms with Crippen molar-refractivity contribution in [2.75, 3.05) is 13.2 Å². The Morgan fingerprint density at radius 3 is 1.21 bits per heavy atom. The van der Waals surface area contributed by atoms with Crippen LogP contribution in [0.1, 0.15) is 290 Å². The van der Waals surface area contributed by atoms with E-state index < -0.39 is 67.3 Å². The van der Waals surface area contributed by atoms with E-state index in [4.69, 9.17) is 23.7 Å². The van der Waals surface area contributed by atoms with Crippen molar-refractivity contribution < 1.29 is 58.2 Å². The maximum absolute atomic E-state index is 13.2. The molecule has 0 radical (unpaired) electrons. The van der Waals surface area contributed by atoms with Crippen LogP contribution in [0.25, 0.3) is 0 Å². The van der Waals surface area contributed by atoms with E-state index in [2.05, 4.69) is 93.7 Å². The summed E-state index contributed by atoms with van der Waals surface area (Å²) in [6, 6.07) is 0. The fraction of sp³-hybridized carbons (Fsp3) is 0.768. The van der Waals surface area contributed by atoms with Crippen molar-refractivity contribution in [3.63, 3.8) is 0 Å². The summed E-state index contributed by atoms with van der Waals surface area (Å²) < 4.78 is 28.5. The molecular weight excluding hydrogens is 1020 g/mol. The van der Waals surface area contributed by atoms with Crippen molar-refractivity contribution in [2.24, 2.45) is 0 Å². The summed E-state index contributed by atoms with van der Waals surface area (Å²) in [6.07, 6.45) is 60.0. The van der Waals surface area contributed by atoms with E-state index in [9.17, 15) is 34.5 Å². The molecule has 0 aromatic carbocycles. The van der Waals surface area contributed by atoms with E-state index in [-0.39, 0.29) is 25.9 Å². The summed E-state index contributed by atoms with van der Waals surface area (Å²) in [4.78, 5) is 51.3. The number of rotatable bonds is 56. The second-order valence-corrected chi connectivity index (χ2v) is 22.4. The Bertz CT molecular complexity index is 1680. The molecule has 0 aromatic heterocycles. The molecule has 0 saturated carbocycles. The average Bonchev–Trinajstić information content (AvgIpc) is 3.46. The van der Waals surface area contributed by atoms with E-state index in [1.807, 2.05) is 0 Å². The van der Waals surface area contributed by atoms with E-state index in [0.29, 0.717) is 19.3 Å². The normalized spacial score (nSPS) is 18.2. The number of ether oxygens (including phenoxy) is 5. The van der Waals surface area contributed by atoms with Crippen LogP contribution in [0.4, 0.5) is 0 Å². The van der Waals surface area contributed by atoms with Gasteiger partial charge in [-0.15, -0.1) is 0 Å². The molecule has 0 bridgehead atoms. The lowest BCUT2D eigenvalue weighted by Gasteiger charge is -2.40. The zero-order chi connectivity index (χ0) is 58.9. The van der Waals surface area contributed by atoms with Crippen molar-refractivity contribution in [3.8, 4) is 0 Å². The predicted molar refractivity (Wildman–Crippen MR) is 331 cm³/mol. The summed E-state index contributed by atoms with van der Waals surface area (Å²) in [7, 11) is 0. The monoisotopic (exact) mass is 1140 g/mol. The van der Waals surface area contributed by atoms with Gasteiger partial charge in [0, 0.05) is 19.3 Å². The topological polar surface area (TPSA) is 175 Å². The van der Waals surface area contributed by atoms with E-state index in [0.717, 1.165) is 103 Å². The van der Waals surface area contributed by atoms with Gasteiger partial charge >= 0.3 is 23.9 Å². The van der Waals surface area contributed by atoms with Crippen LogP contribution in [0.3, 0.4) is 0 Å². The number of hydrogen-bond donors (Lipinski definition) is 3. The molecule has 466 valence electrons. The quantitative estimate of drug-likeness (QED) is 0.0228. The second kappa shape index (κ2) is 56.6. The van der Waals surface area contributed by atoms with Crippen molar-refractivity contribution >= 4 is 23.9 Å². The Morgan fingerprint density at radius 1 is 0.420 bits per heavy atom. The molecule has 81 heavy (non-hydrogen) atoms. The number of carbonyl (C=O) groups excluding carboxylic acids is 3. The summed E-state index contributed by atoms with van der Waals surface area (Å²) in [5, 5.41) is 31.6. The van der Waals surface area contributed by atoms with Crippen LogP contribution in [0.15, 0.2) is 72.9 Å². The highest BCUT2D eigenvalue weighted by Crippen LogP contribution is 2.27. The van der Waals surface area contributed by atoms with Crippen molar-refractivity contribution in [1.82, 2.24) is 0 Å². The zero-order valence-corrected chi connectivity index (χ0v) is 51.5. The molecule has 0 amide bonds. The molecule has 0 aromatic rings. The minimum atomic E-state index is -1.91. The van der Waals surface area contributed by atoms with Gasteiger partial charge in [-0.3, -0.25) is 14.4 Å². The highest BCUT2D eigenvalue weighted by Gasteiger charge is 2.50. The van der Waals surface area contributed by atoms with Gasteiger partial charge in [0.05, 0.1) is 6.61 Å². The number of allylic oxidation sites excluding steroid dienone is 12. The molecule has 12 heteroatoms. The summed E-state index contributed by atoms with van der Waals surface area (Å²) in [6.45, 7) is 5.88. The number of carbonyl (C=O) groups is 4. The molecule has 1 rings (SSSR count). The number of esters is 3. The standard InChI is InChI=1S/C69H118O12/c1-4-7-10-13-16-19-22-25-27-29-31-33-35-38-40-43-46-49-52-55-61(70)77-58-60(79-62(71)56-53-50-47-44-42-39-36-34-32-30-28-26-23-20-17-14-11-8-5-2)59-78-69-67(65(74)64(73)66(81-69)68(75)76)80-63(72)57-54-51-48-45-41-37-24-21-18-15-12-9-6-3/h7,10,16,19,25-28,31,33,38,40,60,64-67,69,73-74H,4-6,8-9,11-15,17-18,20-24,29-30,32,34-37,39,41-59H2,1-3H3,(H,75,76)/b10-7-,19-16-,27-25-,28-26-,33-31-,40-38-. The van der Waals surface area contributed by atoms with Crippen molar-refractivity contribution in [2.45, 2.75) is 327 Å². The van der Waals surface area contributed by atoms with Gasteiger partial charge < -0.3 is 39.0 Å². The van der Waals surface area contributed by atoms with Gasteiger partial charge in [-0.1, -0.05) is 254 Å². The van der Waals surface area contributed by atoms with Crippen LogP contribution in [-0.2, 0) is 42.9 Å². The Kier molecular flexibility index (Phi) is 52.6. The number of hydrogen-bond acceptors (Lipinski definition) is 11. The molecular formula is C69H118O12. The molecule has 0 aliphatic carbocycles. The molecule has 12 nitrogen and oxygen atoms in total. The number of aliphatic carboxylic acids is 1. The average molecular weight is 1140 g/mol. The first-order chi connectivity index (χ1) is 39.6.